The summed E-state index contributed by atoms with van der Waals surface area (Å²) in [5.74, 6) is 0.814. The zero-order valence-corrected chi connectivity index (χ0v) is 20.0. The molecule has 3 heterocycles. The fourth-order valence-corrected chi connectivity index (χ4v) is 5.52. The molecule has 9 heteroatoms. The average Bonchev–Trinajstić information content (AvgIpc) is 3.23. The summed E-state index contributed by atoms with van der Waals surface area (Å²) in [4.78, 5) is 23.0. The van der Waals surface area contributed by atoms with Gasteiger partial charge in [-0.1, -0.05) is 30.3 Å². The Bertz CT molecular complexity index is 1440. The number of methoxy groups -OCH3 is 1. The number of carbonyl (C=O) groups excluding carboxylic acids is 1. The number of nitrogen functional groups attached to an aromatic ring is 2. The molecule has 1 saturated heterocycles. The highest BCUT2D eigenvalue weighted by atomic mass is 32.1. The third kappa shape index (κ3) is 3.98. The van der Waals surface area contributed by atoms with Gasteiger partial charge in [0, 0.05) is 42.8 Å². The maximum absolute atomic E-state index is 13.5. The van der Waals surface area contributed by atoms with Crippen LogP contribution in [0.15, 0.2) is 54.6 Å². The smallest absolute Gasteiger partial charge is 0.266 e. The number of carbonyl (C=O) groups is 1. The van der Waals surface area contributed by atoms with Crippen LogP contribution in [-0.2, 0) is 0 Å². The SMILES string of the molecule is COc1ccc(N2CCN(C(=O)c3sc4nc(N)c(C#N)c(-c5ccccc5)c4c3N)CC2)cc1. The lowest BCUT2D eigenvalue weighted by Crippen LogP contribution is -2.48. The summed E-state index contributed by atoms with van der Waals surface area (Å²) in [7, 11) is 1.65. The van der Waals surface area contributed by atoms with E-state index in [1.54, 1.807) is 7.11 Å². The Balaban J connectivity index is 1.45. The number of hydrogen-bond donors (Lipinski definition) is 2. The van der Waals surface area contributed by atoms with Crippen LogP contribution >= 0.6 is 11.3 Å². The van der Waals surface area contributed by atoms with Gasteiger partial charge in [-0.3, -0.25) is 4.79 Å². The minimum Gasteiger partial charge on any atom is -0.497 e. The summed E-state index contributed by atoms with van der Waals surface area (Å²) in [6, 6.07) is 19.5. The standard InChI is InChI=1S/C26H24N6O2S/c1-34-18-9-7-17(8-10-18)31-11-13-32(14-12-31)26(33)23-22(28)21-20(16-5-3-2-4-6-16)19(15-27)24(29)30-25(21)35-23/h2-10H,11-14,28H2,1H3,(H2,29,30). The van der Waals surface area contributed by atoms with Crippen molar-refractivity contribution in [3.8, 4) is 22.9 Å². The number of benzene rings is 2. The first-order chi connectivity index (χ1) is 17.0. The number of anilines is 3. The van der Waals surface area contributed by atoms with Gasteiger partial charge in [-0.25, -0.2) is 4.98 Å². The highest BCUT2D eigenvalue weighted by molar-refractivity contribution is 7.21. The van der Waals surface area contributed by atoms with Gasteiger partial charge in [0.15, 0.2) is 0 Å². The highest BCUT2D eigenvalue weighted by Crippen LogP contribution is 2.43. The van der Waals surface area contributed by atoms with E-state index < -0.39 is 0 Å². The molecule has 0 aliphatic carbocycles. The molecule has 1 fully saturated rings. The van der Waals surface area contributed by atoms with Gasteiger partial charge in [0.05, 0.1) is 12.8 Å². The number of rotatable bonds is 4. The zero-order chi connectivity index (χ0) is 24.5. The maximum atomic E-state index is 13.5. The molecule has 8 nitrogen and oxygen atoms in total. The Morgan fingerprint density at radius 2 is 1.74 bits per heavy atom. The van der Waals surface area contributed by atoms with E-state index in [-0.39, 0.29) is 17.3 Å². The largest absolute Gasteiger partial charge is 0.497 e. The number of ether oxygens (including phenoxy) is 1. The number of aromatic nitrogens is 1. The minimum absolute atomic E-state index is 0.129. The summed E-state index contributed by atoms with van der Waals surface area (Å²) in [6.07, 6.45) is 0. The molecule has 1 amide bonds. The predicted octanol–water partition coefficient (Wildman–Crippen LogP) is 3.97. The van der Waals surface area contributed by atoms with Crippen LogP contribution in [0.5, 0.6) is 5.75 Å². The Labute approximate surface area is 207 Å². The average molecular weight is 485 g/mol. The van der Waals surface area contributed by atoms with E-state index in [0.29, 0.717) is 52.5 Å². The molecule has 2 aromatic heterocycles. The zero-order valence-electron chi connectivity index (χ0n) is 19.2. The second kappa shape index (κ2) is 9.16. The summed E-state index contributed by atoms with van der Waals surface area (Å²) in [5, 5.41) is 10.4. The molecule has 2 aromatic carbocycles. The topological polar surface area (TPSA) is 121 Å². The van der Waals surface area contributed by atoms with Crippen molar-refractivity contribution >= 4 is 44.7 Å². The van der Waals surface area contributed by atoms with Gasteiger partial charge in [-0.05, 0) is 29.8 Å². The number of hydrogen-bond acceptors (Lipinski definition) is 8. The number of nitrogens with zero attached hydrogens (tertiary/aromatic N) is 4. The molecule has 176 valence electrons. The lowest BCUT2D eigenvalue weighted by atomic mass is 9.97. The fourth-order valence-electron chi connectivity index (χ4n) is 4.44. The number of nitrogens with two attached hydrogens (primary N) is 2. The van der Waals surface area contributed by atoms with E-state index in [1.165, 1.54) is 11.3 Å². The van der Waals surface area contributed by atoms with Crippen LogP contribution in [0.3, 0.4) is 0 Å². The fraction of sp³-hybridized carbons (Fsp3) is 0.192. The van der Waals surface area contributed by atoms with E-state index in [4.69, 9.17) is 16.2 Å². The normalized spacial score (nSPS) is 13.6. The first kappa shape index (κ1) is 22.5. The lowest BCUT2D eigenvalue weighted by molar-refractivity contribution is 0.0752. The van der Waals surface area contributed by atoms with Crippen LogP contribution in [0.1, 0.15) is 15.2 Å². The van der Waals surface area contributed by atoms with Crippen LogP contribution in [-0.4, -0.2) is 49.1 Å². The number of piperazine rings is 1. The second-order valence-corrected chi connectivity index (χ2v) is 9.23. The van der Waals surface area contributed by atoms with Gasteiger partial charge in [0.25, 0.3) is 5.91 Å². The Hall–Kier alpha value is -4.29. The summed E-state index contributed by atoms with van der Waals surface area (Å²) < 4.78 is 5.24. The van der Waals surface area contributed by atoms with Crippen molar-refractivity contribution < 1.29 is 9.53 Å². The first-order valence-electron chi connectivity index (χ1n) is 11.2. The van der Waals surface area contributed by atoms with E-state index in [0.717, 1.165) is 17.0 Å². The van der Waals surface area contributed by atoms with Gasteiger partial charge in [0.2, 0.25) is 0 Å². The highest BCUT2D eigenvalue weighted by Gasteiger charge is 2.28. The lowest BCUT2D eigenvalue weighted by Gasteiger charge is -2.36. The molecule has 1 aliphatic rings. The molecular formula is C26H24N6O2S. The van der Waals surface area contributed by atoms with Crippen molar-refractivity contribution in [3.63, 3.8) is 0 Å². The van der Waals surface area contributed by atoms with E-state index in [1.807, 2.05) is 59.5 Å². The Kier molecular flexibility index (Phi) is 5.89. The third-order valence-electron chi connectivity index (χ3n) is 6.28. The van der Waals surface area contributed by atoms with Crippen LogP contribution < -0.4 is 21.1 Å². The third-order valence-corrected chi connectivity index (χ3v) is 7.37. The van der Waals surface area contributed by atoms with Crippen LogP contribution in [0, 0.1) is 11.3 Å². The van der Waals surface area contributed by atoms with Crippen molar-refractivity contribution in [2.45, 2.75) is 0 Å². The molecule has 1 aliphatic heterocycles. The van der Waals surface area contributed by atoms with Gasteiger partial charge >= 0.3 is 0 Å². The molecular weight excluding hydrogens is 460 g/mol. The van der Waals surface area contributed by atoms with Gasteiger partial charge < -0.3 is 26.0 Å². The molecule has 5 rings (SSSR count). The number of thiophene rings is 1. The Morgan fingerprint density at radius 1 is 1.06 bits per heavy atom. The van der Waals surface area contributed by atoms with Crippen molar-refractivity contribution in [1.82, 2.24) is 9.88 Å². The van der Waals surface area contributed by atoms with Crippen molar-refractivity contribution in [2.24, 2.45) is 0 Å². The van der Waals surface area contributed by atoms with Gasteiger partial charge in [-0.15, -0.1) is 11.3 Å². The molecule has 0 spiro atoms. The molecule has 0 bridgehead atoms. The van der Waals surface area contributed by atoms with Crippen molar-refractivity contribution in [1.29, 1.82) is 5.26 Å². The Morgan fingerprint density at radius 3 is 2.37 bits per heavy atom. The molecule has 35 heavy (non-hydrogen) atoms. The second-order valence-electron chi connectivity index (χ2n) is 8.23. The van der Waals surface area contributed by atoms with Crippen LogP contribution in [0.25, 0.3) is 21.3 Å². The van der Waals surface area contributed by atoms with Crippen molar-refractivity contribution in [2.75, 3.05) is 49.7 Å². The van der Waals surface area contributed by atoms with Gasteiger partial charge in [0.1, 0.15) is 32.9 Å². The summed E-state index contributed by atoms with van der Waals surface area (Å²) >= 11 is 1.22. The van der Waals surface area contributed by atoms with Crippen LogP contribution in [0.2, 0.25) is 0 Å². The quantitative estimate of drug-likeness (QED) is 0.449. The summed E-state index contributed by atoms with van der Waals surface area (Å²) in [5.41, 5.74) is 15.8. The molecule has 0 radical (unpaired) electrons. The molecule has 4 N–H and O–H groups in total. The minimum atomic E-state index is -0.129. The number of fused-ring (bicyclic) bond motifs is 1. The van der Waals surface area contributed by atoms with E-state index in [9.17, 15) is 10.1 Å². The molecule has 0 atom stereocenters. The first-order valence-corrected chi connectivity index (χ1v) is 12.0. The number of nitriles is 1. The number of pyridine rings is 1. The van der Waals surface area contributed by atoms with Crippen molar-refractivity contribution in [3.05, 3.63) is 65.0 Å². The summed E-state index contributed by atoms with van der Waals surface area (Å²) in [6.45, 7) is 2.57. The number of amides is 1. The van der Waals surface area contributed by atoms with Crippen LogP contribution in [0.4, 0.5) is 17.2 Å². The van der Waals surface area contributed by atoms with Gasteiger partial charge in [-0.2, -0.15) is 5.26 Å². The van der Waals surface area contributed by atoms with E-state index >= 15 is 0 Å². The maximum Gasteiger partial charge on any atom is 0.266 e. The molecule has 4 aromatic rings. The molecule has 0 saturated carbocycles. The molecule has 0 unspecified atom stereocenters. The predicted molar refractivity (Wildman–Crippen MR) is 140 cm³/mol. The van der Waals surface area contributed by atoms with E-state index in [2.05, 4.69) is 16.0 Å². The monoisotopic (exact) mass is 484 g/mol.